The Labute approximate surface area is 552 Å². The Balaban J connectivity index is 0.000000154. The van der Waals surface area contributed by atoms with Gasteiger partial charge in [-0.25, -0.2) is 9.97 Å². The van der Waals surface area contributed by atoms with Crippen LogP contribution in [-0.4, -0.2) is 25.7 Å². The molecule has 0 aliphatic carbocycles. The lowest BCUT2D eigenvalue weighted by Crippen LogP contribution is -2.02. The second-order valence-electron chi connectivity index (χ2n) is 28.0. The number of fused-ring (bicyclic) bond motifs is 6. The third-order valence-electron chi connectivity index (χ3n) is 17.3. The maximum atomic E-state index is 5.49. The van der Waals surface area contributed by atoms with Crippen LogP contribution in [0.15, 0.2) is 122 Å². The number of thiazole rings is 1. The molecule has 0 N–H and O–H groups in total. The summed E-state index contributed by atoms with van der Waals surface area (Å²) in [5, 5.41) is 10.1. The summed E-state index contributed by atoms with van der Waals surface area (Å²) in [7, 11) is 0. The summed E-state index contributed by atoms with van der Waals surface area (Å²) < 4.78 is 19.4. The van der Waals surface area contributed by atoms with Gasteiger partial charge in [-0.3, -0.25) is 4.99 Å². The number of nitrogens with zero attached hydrogens (tertiary/aromatic N) is 5. The van der Waals surface area contributed by atoms with Crippen molar-refractivity contribution in [1.29, 1.82) is 0 Å². The van der Waals surface area contributed by atoms with Crippen LogP contribution in [0.5, 0.6) is 0 Å². The van der Waals surface area contributed by atoms with E-state index in [1.54, 1.807) is 29.3 Å². The van der Waals surface area contributed by atoms with Gasteiger partial charge in [0, 0.05) is 39.0 Å². The summed E-state index contributed by atoms with van der Waals surface area (Å²) in [5.41, 5.74) is 25.5. The van der Waals surface area contributed by atoms with Crippen LogP contribution in [0.1, 0.15) is 315 Å². The van der Waals surface area contributed by atoms with Crippen molar-refractivity contribution in [1.82, 2.24) is 19.5 Å². The first-order valence-corrected chi connectivity index (χ1v) is 35.8. The van der Waals surface area contributed by atoms with Crippen molar-refractivity contribution in [2.24, 2.45) is 4.99 Å². The predicted octanol–water partition coefficient (Wildman–Crippen LogP) is 26.2. The average Bonchev–Trinajstić information content (AvgIpc) is 1.82. The third-order valence-corrected chi connectivity index (χ3v) is 20.0. The van der Waals surface area contributed by atoms with Crippen molar-refractivity contribution in [3.8, 4) is 0 Å². The summed E-state index contributed by atoms with van der Waals surface area (Å²) >= 11 is 5.26. The molecule has 0 radical (unpaired) electrons. The number of benzene rings is 6. The van der Waals surface area contributed by atoms with E-state index in [0.717, 1.165) is 28.6 Å². The maximum absolute atomic E-state index is 5.49. The quantitative estimate of drug-likeness (QED) is 0.121. The molecule has 0 atom stereocenters. The largest absolute Gasteiger partial charge is 0.443 e. The molecule has 5 aromatic heterocycles. The first kappa shape index (κ1) is 71.1. The fourth-order valence-corrected chi connectivity index (χ4v) is 15.1. The van der Waals surface area contributed by atoms with E-state index in [-0.39, 0.29) is 0 Å². The Hall–Kier alpha value is -6.33. The van der Waals surface area contributed by atoms with Gasteiger partial charge in [0.2, 0.25) is 0 Å². The molecule has 6 aromatic carbocycles. The molecule has 0 fully saturated rings. The lowest BCUT2D eigenvalue weighted by atomic mass is 9.88. The molecule has 0 saturated carbocycles. The number of oxazole rings is 1. The summed E-state index contributed by atoms with van der Waals surface area (Å²) in [6.45, 7) is 54.3. The summed E-state index contributed by atoms with van der Waals surface area (Å²) in [5.74, 6) is 6.64. The van der Waals surface area contributed by atoms with E-state index >= 15 is 0 Å². The van der Waals surface area contributed by atoms with E-state index in [4.69, 9.17) is 8.94 Å². The van der Waals surface area contributed by atoms with Gasteiger partial charge in [0.1, 0.15) is 5.52 Å². The predicted molar refractivity (Wildman–Crippen MR) is 396 cm³/mol. The van der Waals surface area contributed by atoms with Crippen LogP contribution in [0, 0.1) is 0 Å². The fourth-order valence-electron chi connectivity index (χ4n) is 12.1. The van der Waals surface area contributed by atoms with Crippen molar-refractivity contribution in [3.05, 3.63) is 186 Å². The van der Waals surface area contributed by atoms with Crippen LogP contribution in [0.3, 0.4) is 0 Å². The Morgan fingerprint density at radius 3 is 1.31 bits per heavy atom. The van der Waals surface area contributed by atoms with Crippen molar-refractivity contribution < 1.29 is 8.94 Å². The first-order valence-electron chi connectivity index (χ1n) is 33.3. The van der Waals surface area contributed by atoms with Gasteiger partial charge in [-0.05, 0) is 166 Å². The minimum atomic E-state index is 0.474. The Kier molecular flexibility index (Phi) is 25.1. The molecule has 10 heteroatoms. The lowest BCUT2D eigenvalue weighted by Gasteiger charge is -2.16. The normalized spacial score (nSPS) is 12.2. The molecular weight excluding hydrogens is 1160 g/mol. The molecule has 1 aliphatic rings. The zero-order valence-corrected chi connectivity index (χ0v) is 61.3. The summed E-state index contributed by atoms with van der Waals surface area (Å²) in [6, 6.07) is 29.1. The Morgan fingerprint density at radius 1 is 0.356 bits per heavy atom. The highest BCUT2D eigenvalue weighted by Gasteiger charge is 2.21. The van der Waals surface area contributed by atoms with Crippen LogP contribution in [-0.2, 0) is 6.54 Å². The topological polar surface area (TPSA) is 90.2 Å². The molecule has 0 saturated heterocycles. The second kappa shape index (κ2) is 31.8. The molecule has 11 aromatic rings. The molecule has 0 unspecified atom stereocenters. The van der Waals surface area contributed by atoms with Crippen molar-refractivity contribution in [2.45, 2.75) is 244 Å². The first-order chi connectivity index (χ1) is 42.7. The highest BCUT2D eigenvalue weighted by atomic mass is 32.1. The molecule has 6 heterocycles. The molecule has 0 bridgehead atoms. The van der Waals surface area contributed by atoms with E-state index in [1.807, 2.05) is 29.2 Å². The van der Waals surface area contributed by atoms with Crippen LogP contribution >= 0.6 is 34.2 Å². The molecule has 0 spiro atoms. The molecule has 12 rings (SSSR count). The molecule has 90 heavy (non-hydrogen) atoms. The van der Waals surface area contributed by atoms with E-state index in [2.05, 4.69) is 281 Å². The van der Waals surface area contributed by atoms with Crippen LogP contribution < -0.4 is 0 Å². The molecule has 0 amide bonds. The average molecular weight is 1260 g/mol. The number of hydrogen-bond acceptors (Lipinski definition) is 10. The van der Waals surface area contributed by atoms with Gasteiger partial charge in [-0.2, -0.15) is 4.37 Å². The minimum Gasteiger partial charge on any atom is -0.443 e. The molecule has 480 valence electrons. The van der Waals surface area contributed by atoms with Crippen LogP contribution in [0.4, 0.5) is 0 Å². The number of rotatable bonds is 12. The zero-order valence-electron chi connectivity index (χ0n) is 58.9. The highest BCUT2D eigenvalue weighted by molar-refractivity contribution is 7.17. The maximum Gasteiger partial charge on any atom is 0.182 e. The van der Waals surface area contributed by atoms with Gasteiger partial charge < -0.3 is 8.94 Å². The summed E-state index contributed by atoms with van der Waals surface area (Å²) in [4.78, 5) is 13.2. The van der Waals surface area contributed by atoms with Gasteiger partial charge in [0.25, 0.3) is 0 Å². The number of thiophene rings is 1. The number of aliphatic imine (C=N–C) groups is 1. The molecule has 1 aliphatic heterocycles. The monoisotopic (exact) mass is 1260 g/mol. The lowest BCUT2D eigenvalue weighted by molar-refractivity contribution is 0.453. The van der Waals surface area contributed by atoms with Crippen molar-refractivity contribution in [3.63, 3.8) is 0 Å². The van der Waals surface area contributed by atoms with E-state index < -0.39 is 0 Å². The third kappa shape index (κ3) is 16.5. The van der Waals surface area contributed by atoms with Gasteiger partial charge >= 0.3 is 0 Å². The second-order valence-corrected chi connectivity index (χ2v) is 30.6. The standard InChI is InChI=1S/C14H19N.C14H18S.2C13H17NO.2C13H17NS/c1-9(2)11-5-6-12(10(3)4)14-8-15-7-13(11)14;1-9(2)11-5-6-12(10(3)4)14-13(11)7-8-15-14;1-8(2)10-5-6-11(9(3)4)13-12(10)14-7-15-13;1-8(2)10-5-6-11(9(3)4)13-12(10)7-14-15-13;1-8(2)10-5-6-11(9(3)4)13-12(10)14-7-15-13;1-8(2)10-5-6-11(9(3)4)13-12(10)7-14-15-13/h5-7,9-10H,8H2,1-4H3;5-10H,1-4H3;4*5-9H,1-4H3. The molecule has 7 nitrogen and oxygen atoms in total. The van der Waals surface area contributed by atoms with E-state index in [0.29, 0.717) is 71.0 Å². The zero-order chi connectivity index (χ0) is 66.0. The Bertz CT molecular complexity index is 3380. The smallest absolute Gasteiger partial charge is 0.182 e. The van der Waals surface area contributed by atoms with Gasteiger partial charge in [0.05, 0.1) is 33.2 Å². The van der Waals surface area contributed by atoms with Crippen LogP contribution in [0.25, 0.3) is 52.5 Å². The van der Waals surface area contributed by atoms with Crippen molar-refractivity contribution >= 4 is 92.9 Å². The minimum absolute atomic E-state index is 0.474. The van der Waals surface area contributed by atoms with E-state index in [9.17, 15) is 0 Å². The van der Waals surface area contributed by atoms with Gasteiger partial charge in [-0.1, -0.05) is 244 Å². The fraction of sp³-hybridized carbons (Fsp3) is 0.463. The van der Waals surface area contributed by atoms with Crippen LogP contribution in [0.2, 0.25) is 0 Å². The number of aromatic nitrogens is 4. The van der Waals surface area contributed by atoms with E-state index in [1.165, 1.54) is 108 Å². The van der Waals surface area contributed by atoms with Crippen molar-refractivity contribution in [2.75, 3.05) is 0 Å². The number of hydrogen-bond donors (Lipinski definition) is 0. The summed E-state index contributed by atoms with van der Waals surface area (Å²) in [6.07, 6.45) is 7.44. The van der Waals surface area contributed by atoms with Gasteiger partial charge in [-0.15, -0.1) is 22.7 Å². The van der Waals surface area contributed by atoms with Gasteiger partial charge in [0.15, 0.2) is 17.6 Å². The highest BCUT2D eigenvalue weighted by Crippen LogP contribution is 2.39. The SMILES string of the molecule is CC(C)c1ccc(C(C)C)c2c1C=NC2.CC(C)c1ccc(C(C)C)c2ocnc12.CC(C)c1ccc(C(C)C)c2oncc12.CC(C)c1ccc(C(C)C)c2sccc12.CC(C)c1ccc(C(C)C)c2scnc12.CC(C)c1ccc(C(C)C)c2sncc12. The molecular formula is C80H105N5O2S3. The Morgan fingerprint density at radius 2 is 0.778 bits per heavy atom.